The van der Waals surface area contributed by atoms with E-state index in [1.165, 1.54) is 12.0 Å². The highest BCUT2D eigenvalue weighted by Crippen LogP contribution is 2.36. The normalized spacial score (nSPS) is 21.0. The van der Waals surface area contributed by atoms with Gasteiger partial charge in [-0.25, -0.2) is 15.0 Å². The molecule has 3 aromatic heterocycles. The number of piperazine rings is 1. The van der Waals surface area contributed by atoms with Gasteiger partial charge < -0.3 is 15.0 Å². The quantitative estimate of drug-likeness (QED) is 0.550. The lowest BCUT2D eigenvalue weighted by atomic mass is 9.86. The summed E-state index contributed by atoms with van der Waals surface area (Å²) in [5, 5.41) is 10.7. The van der Waals surface area contributed by atoms with Crippen molar-refractivity contribution < 1.29 is 5.11 Å². The molecule has 4 aromatic rings. The fraction of sp³-hybridized carbons (Fsp3) is 0.261. The lowest BCUT2D eigenvalue weighted by molar-refractivity contribution is -0.00871. The standard InChI is InChI=1S/C23H22N6O/c30-19-3-1-2-15(8-19)11-29-17-9-18(29)13-28(12-17)21-5-4-16(10-25-21)22-20-6-7-24-23(20)27-14-26-22/h1-8,10,14,17-18,30H,9,11-13H2,(H,24,26,27). The molecule has 7 rings (SSSR count). The molecule has 3 saturated heterocycles. The summed E-state index contributed by atoms with van der Waals surface area (Å²) in [6, 6.07) is 14.8. The van der Waals surface area contributed by atoms with Crippen LogP contribution in [-0.4, -0.2) is 55.1 Å². The largest absolute Gasteiger partial charge is 0.508 e. The number of piperidine rings is 1. The van der Waals surface area contributed by atoms with Gasteiger partial charge in [-0.1, -0.05) is 12.1 Å². The number of benzene rings is 1. The second-order valence-corrected chi connectivity index (χ2v) is 8.16. The van der Waals surface area contributed by atoms with E-state index < -0.39 is 0 Å². The summed E-state index contributed by atoms with van der Waals surface area (Å²) >= 11 is 0. The number of hydrogen-bond donors (Lipinski definition) is 2. The van der Waals surface area contributed by atoms with E-state index in [1.54, 1.807) is 12.4 Å². The van der Waals surface area contributed by atoms with Crippen LogP contribution in [0.25, 0.3) is 22.3 Å². The van der Waals surface area contributed by atoms with E-state index in [9.17, 15) is 5.11 Å². The summed E-state index contributed by atoms with van der Waals surface area (Å²) in [5.74, 6) is 1.36. The topological polar surface area (TPSA) is 81.2 Å². The Bertz CT molecular complexity index is 1190. The van der Waals surface area contributed by atoms with Crippen LogP contribution in [0.3, 0.4) is 0 Å². The molecule has 6 heterocycles. The molecule has 2 atom stereocenters. The highest BCUT2D eigenvalue weighted by atomic mass is 16.3. The number of rotatable bonds is 4. The summed E-state index contributed by atoms with van der Waals surface area (Å²) in [7, 11) is 0. The number of pyridine rings is 1. The van der Waals surface area contributed by atoms with Crippen molar-refractivity contribution in [1.82, 2.24) is 24.8 Å². The zero-order chi connectivity index (χ0) is 20.1. The zero-order valence-electron chi connectivity index (χ0n) is 16.4. The third-order valence-corrected chi connectivity index (χ3v) is 6.32. The molecule has 7 nitrogen and oxygen atoms in total. The van der Waals surface area contributed by atoms with Gasteiger partial charge in [0.2, 0.25) is 0 Å². The number of aromatic amines is 1. The first-order valence-electron chi connectivity index (χ1n) is 10.3. The van der Waals surface area contributed by atoms with Crippen LogP contribution in [0.2, 0.25) is 0 Å². The Hall–Kier alpha value is -3.45. The fourth-order valence-electron chi connectivity index (χ4n) is 4.81. The maximum atomic E-state index is 9.72. The number of nitrogens with one attached hydrogen (secondary N) is 1. The SMILES string of the molecule is Oc1cccc(CN2C3CC2CN(c2ccc(-c4ncnc5[nH]ccc45)cn2)C3)c1. The number of nitrogens with zero attached hydrogens (tertiary/aromatic N) is 5. The molecule has 0 amide bonds. The number of phenols is 1. The Balaban J connectivity index is 1.17. The fourth-order valence-corrected chi connectivity index (χ4v) is 4.81. The van der Waals surface area contributed by atoms with Gasteiger partial charge in [-0.2, -0.15) is 0 Å². The van der Waals surface area contributed by atoms with Crippen molar-refractivity contribution >= 4 is 16.9 Å². The predicted octanol–water partition coefficient (Wildman–Crippen LogP) is 3.19. The van der Waals surface area contributed by atoms with Gasteiger partial charge in [-0.05, 0) is 42.3 Å². The van der Waals surface area contributed by atoms with Gasteiger partial charge in [0, 0.05) is 55.1 Å². The van der Waals surface area contributed by atoms with Crippen LogP contribution in [0.1, 0.15) is 12.0 Å². The smallest absolute Gasteiger partial charge is 0.141 e. The van der Waals surface area contributed by atoms with E-state index in [0.717, 1.165) is 47.7 Å². The molecule has 3 fully saturated rings. The number of hydrogen-bond acceptors (Lipinski definition) is 6. The summed E-state index contributed by atoms with van der Waals surface area (Å²) in [5.41, 5.74) is 3.91. The van der Waals surface area contributed by atoms with Crippen LogP contribution in [0, 0.1) is 0 Å². The summed E-state index contributed by atoms with van der Waals surface area (Å²) in [6.45, 7) is 2.86. The molecule has 7 heteroatoms. The lowest BCUT2D eigenvalue weighted by Gasteiger charge is -2.56. The monoisotopic (exact) mass is 398 g/mol. The number of phenolic OH excluding ortho intramolecular Hbond substituents is 1. The van der Waals surface area contributed by atoms with Crippen LogP contribution >= 0.6 is 0 Å². The number of fused-ring (bicyclic) bond motifs is 3. The molecule has 0 spiro atoms. The van der Waals surface area contributed by atoms with Crippen molar-refractivity contribution in [3.63, 3.8) is 0 Å². The van der Waals surface area contributed by atoms with E-state index in [-0.39, 0.29) is 0 Å². The van der Waals surface area contributed by atoms with Gasteiger partial charge in [0.25, 0.3) is 0 Å². The first-order chi connectivity index (χ1) is 14.7. The van der Waals surface area contributed by atoms with Crippen molar-refractivity contribution in [1.29, 1.82) is 0 Å². The van der Waals surface area contributed by atoms with Crippen molar-refractivity contribution in [2.45, 2.75) is 25.0 Å². The van der Waals surface area contributed by atoms with Crippen molar-refractivity contribution in [2.75, 3.05) is 18.0 Å². The van der Waals surface area contributed by atoms with Crippen molar-refractivity contribution in [3.05, 3.63) is 66.7 Å². The molecule has 1 aromatic carbocycles. The molecule has 30 heavy (non-hydrogen) atoms. The molecule has 2 N–H and O–H groups in total. The second kappa shape index (κ2) is 6.81. The van der Waals surface area contributed by atoms with Crippen molar-refractivity contribution in [2.24, 2.45) is 0 Å². The molecule has 3 aliphatic rings. The molecule has 2 unspecified atom stereocenters. The van der Waals surface area contributed by atoms with Gasteiger partial charge in [-0.15, -0.1) is 0 Å². The molecular weight excluding hydrogens is 376 g/mol. The molecule has 3 aliphatic heterocycles. The second-order valence-electron chi connectivity index (χ2n) is 8.16. The third kappa shape index (κ3) is 2.90. The van der Waals surface area contributed by atoms with Gasteiger partial charge >= 0.3 is 0 Å². The Kier molecular flexibility index (Phi) is 3.95. The average Bonchev–Trinajstić information content (AvgIpc) is 3.27. The van der Waals surface area contributed by atoms with Gasteiger partial charge in [0.15, 0.2) is 0 Å². The number of aromatic hydroxyl groups is 1. The summed E-state index contributed by atoms with van der Waals surface area (Å²) in [4.78, 5) is 21.5. The lowest BCUT2D eigenvalue weighted by Crippen LogP contribution is -2.68. The molecule has 0 saturated carbocycles. The highest BCUT2D eigenvalue weighted by Gasteiger charge is 2.44. The number of H-pyrrole nitrogens is 1. The van der Waals surface area contributed by atoms with E-state index in [2.05, 4.69) is 43.0 Å². The van der Waals surface area contributed by atoms with E-state index in [4.69, 9.17) is 4.98 Å². The molecule has 150 valence electrons. The maximum Gasteiger partial charge on any atom is 0.141 e. The molecule has 2 bridgehead atoms. The Morgan fingerprint density at radius 1 is 1.03 bits per heavy atom. The number of aromatic nitrogens is 4. The Morgan fingerprint density at radius 2 is 1.93 bits per heavy atom. The van der Waals surface area contributed by atoms with Crippen LogP contribution < -0.4 is 4.90 Å². The summed E-state index contributed by atoms with van der Waals surface area (Å²) in [6.07, 6.45) is 6.61. The van der Waals surface area contributed by atoms with E-state index in [0.29, 0.717) is 17.8 Å². The molecule has 0 radical (unpaired) electrons. The minimum atomic E-state index is 0.338. The molecular formula is C23H22N6O. The average molecular weight is 398 g/mol. The van der Waals surface area contributed by atoms with E-state index >= 15 is 0 Å². The first-order valence-corrected chi connectivity index (χ1v) is 10.3. The van der Waals surface area contributed by atoms with Gasteiger partial charge in [-0.3, -0.25) is 4.90 Å². The minimum absolute atomic E-state index is 0.338. The van der Waals surface area contributed by atoms with Gasteiger partial charge in [0.05, 0.1) is 5.69 Å². The van der Waals surface area contributed by atoms with Crippen LogP contribution in [0.15, 0.2) is 61.2 Å². The summed E-state index contributed by atoms with van der Waals surface area (Å²) < 4.78 is 0. The van der Waals surface area contributed by atoms with Crippen LogP contribution in [0.5, 0.6) is 5.75 Å². The van der Waals surface area contributed by atoms with Crippen LogP contribution in [-0.2, 0) is 6.54 Å². The third-order valence-electron chi connectivity index (χ3n) is 6.32. The zero-order valence-corrected chi connectivity index (χ0v) is 16.4. The minimum Gasteiger partial charge on any atom is -0.508 e. The van der Waals surface area contributed by atoms with Crippen molar-refractivity contribution in [3.8, 4) is 17.0 Å². The predicted molar refractivity (Wildman–Crippen MR) is 115 cm³/mol. The molecule has 0 aliphatic carbocycles. The Morgan fingerprint density at radius 3 is 2.73 bits per heavy atom. The Labute approximate surface area is 174 Å². The van der Waals surface area contributed by atoms with Gasteiger partial charge in [0.1, 0.15) is 23.5 Å². The number of anilines is 1. The highest BCUT2D eigenvalue weighted by molar-refractivity contribution is 5.90. The maximum absolute atomic E-state index is 9.72. The first kappa shape index (κ1) is 17.4. The van der Waals surface area contributed by atoms with Crippen LogP contribution in [0.4, 0.5) is 5.82 Å². The van der Waals surface area contributed by atoms with E-state index in [1.807, 2.05) is 30.6 Å².